The van der Waals surface area contributed by atoms with Crippen molar-refractivity contribution in [3.8, 4) is 0 Å². The molecule has 0 aromatic carbocycles. The van der Waals surface area contributed by atoms with Crippen molar-refractivity contribution in [2.75, 3.05) is 7.11 Å². The number of rotatable bonds is 1. The number of hydrogen-bond donors (Lipinski definition) is 0. The van der Waals surface area contributed by atoms with Crippen molar-refractivity contribution in [3.05, 3.63) is 0 Å². The number of carbonyl (C=O) groups is 1. The smallest absolute Gasteiger partial charge is 0.313 e. The van der Waals surface area contributed by atoms with Crippen LogP contribution in [0.15, 0.2) is 0 Å². The van der Waals surface area contributed by atoms with E-state index in [-0.39, 0.29) is 29.2 Å². The molecule has 0 radical (unpaired) electrons. The van der Waals surface area contributed by atoms with Gasteiger partial charge in [0.2, 0.25) is 0 Å². The van der Waals surface area contributed by atoms with Crippen LogP contribution >= 0.6 is 0 Å². The number of hydrogen-bond acceptors (Lipinski definition) is 4. The number of carbonyl (C=O) groups excluding carboxylic acids is 1. The third kappa shape index (κ3) is 0.790. The van der Waals surface area contributed by atoms with Gasteiger partial charge in [0, 0.05) is 18.4 Å². The maximum Gasteiger partial charge on any atom is 0.313 e. The van der Waals surface area contributed by atoms with Gasteiger partial charge < -0.3 is 14.2 Å². The molecular formula is C21H24O4. The number of methoxy groups -OCH3 is 1. The highest BCUT2D eigenvalue weighted by molar-refractivity contribution is 5.85. The summed E-state index contributed by atoms with van der Waals surface area (Å²) >= 11 is 0. The van der Waals surface area contributed by atoms with E-state index in [2.05, 4.69) is 0 Å². The Hall–Kier alpha value is -0.610. The lowest BCUT2D eigenvalue weighted by atomic mass is 9.42. The molecule has 0 unspecified atom stereocenters. The molecule has 4 nitrogen and oxygen atoms in total. The maximum absolute atomic E-state index is 13.7. The van der Waals surface area contributed by atoms with E-state index in [1.807, 2.05) is 7.11 Å². The van der Waals surface area contributed by atoms with Crippen LogP contribution in [0.3, 0.4) is 0 Å². The van der Waals surface area contributed by atoms with Gasteiger partial charge in [0.05, 0.1) is 11.5 Å². The molecule has 0 aromatic rings. The second kappa shape index (κ2) is 3.22. The van der Waals surface area contributed by atoms with Crippen molar-refractivity contribution in [2.45, 2.75) is 44.2 Å². The fraction of sp³-hybridized carbons (Fsp3) is 0.952. The lowest BCUT2D eigenvalue weighted by Gasteiger charge is -2.65. The Morgan fingerprint density at radius 3 is 2.44 bits per heavy atom. The van der Waals surface area contributed by atoms with E-state index in [1.165, 1.54) is 19.3 Å². The molecule has 2 spiro atoms. The topological polar surface area (TPSA) is 44.8 Å². The minimum atomic E-state index is -0.225. The highest BCUT2D eigenvalue weighted by Crippen LogP contribution is 2.99. The van der Waals surface area contributed by atoms with Crippen molar-refractivity contribution in [1.29, 1.82) is 0 Å². The van der Waals surface area contributed by atoms with Crippen LogP contribution < -0.4 is 0 Å². The van der Waals surface area contributed by atoms with Crippen molar-refractivity contribution >= 4 is 5.97 Å². The van der Waals surface area contributed by atoms with Gasteiger partial charge >= 0.3 is 5.97 Å². The zero-order valence-electron chi connectivity index (χ0n) is 14.5. The molecule has 10 fully saturated rings. The Balaban J connectivity index is 1.42. The first kappa shape index (κ1) is 12.7. The maximum atomic E-state index is 13.7. The molecule has 8 bridgehead atoms. The van der Waals surface area contributed by atoms with Gasteiger partial charge in [-0.15, -0.1) is 0 Å². The monoisotopic (exact) mass is 340 g/mol. The van der Waals surface area contributed by atoms with Crippen molar-refractivity contribution in [1.82, 2.24) is 0 Å². The van der Waals surface area contributed by atoms with Crippen LogP contribution in [0.4, 0.5) is 0 Å². The normalized spacial score (nSPS) is 79.1. The fourth-order valence-corrected chi connectivity index (χ4v) is 12.5. The van der Waals surface area contributed by atoms with Gasteiger partial charge in [-0.3, -0.25) is 4.79 Å². The van der Waals surface area contributed by atoms with Crippen LogP contribution in [0.5, 0.6) is 0 Å². The summed E-state index contributed by atoms with van der Waals surface area (Å²) in [6.07, 6.45) is 5.34. The van der Waals surface area contributed by atoms with Crippen LogP contribution in [0.25, 0.3) is 0 Å². The van der Waals surface area contributed by atoms with Crippen LogP contribution in [0.2, 0.25) is 0 Å². The zero-order chi connectivity index (χ0) is 16.0. The predicted octanol–water partition coefficient (Wildman–Crippen LogP) is 2.07. The molecule has 10 aliphatic rings. The molecule has 0 N–H and O–H groups in total. The van der Waals surface area contributed by atoms with Gasteiger partial charge in [0.25, 0.3) is 0 Å². The molecule has 2 heterocycles. The summed E-state index contributed by atoms with van der Waals surface area (Å²) in [5.74, 6) is 7.33. The molecule has 0 aromatic heterocycles. The van der Waals surface area contributed by atoms with Gasteiger partial charge in [0.1, 0.15) is 6.10 Å². The quantitative estimate of drug-likeness (QED) is 0.686. The molecular weight excluding hydrogens is 316 g/mol. The summed E-state index contributed by atoms with van der Waals surface area (Å²) in [6, 6.07) is 0. The van der Waals surface area contributed by atoms with E-state index in [4.69, 9.17) is 14.2 Å². The summed E-state index contributed by atoms with van der Waals surface area (Å²) in [5, 5.41) is 0. The molecule has 10 rings (SSSR count). The largest absolute Gasteiger partial charge is 0.462 e. The average molecular weight is 340 g/mol. The lowest BCUT2D eigenvalue weighted by molar-refractivity contribution is -0.341. The first-order valence-corrected chi connectivity index (χ1v) is 10.7. The second-order valence-electron chi connectivity index (χ2n) is 10.9. The van der Waals surface area contributed by atoms with Crippen LogP contribution in [-0.4, -0.2) is 31.6 Å². The average Bonchev–Trinajstić information content (AvgIpc) is 3.38. The third-order valence-electron chi connectivity index (χ3n) is 11.6. The van der Waals surface area contributed by atoms with Crippen molar-refractivity contribution in [3.63, 3.8) is 0 Å². The Bertz CT molecular complexity index is 762. The van der Waals surface area contributed by atoms with Crippen LogP contribution in [-0.2, 0) is 19.0 Å². The van der Waals surface area contributed by atoms with E-state index in [1.54, 1.807) is 0 Å². The summed E-state index contributed by atoms with van der Waals surface area (Å²) in [5.41, 5.74) is -0.251. The van der Waals surface area contributed by atoms with E-state index in [0.29, 0.717) is 35.7 Å². The number of ether oxygens (including phenoxy) is 3. The van der Waals surface area contributed by atoms with Crippen molar-refractivity contribution < 1.29 is 19.0 Å². The molecule has 2 aliphatic heterocycles. The Labute approximate surface area is 146 Å². The van der Waals surface area contributed by atoms with Gasteiger partial charge in [0.15, 0.2) is 6.29 Å². The zero-order valence-corrected chi connectivity index (χ0v) is 14.5. The Morgan fingerprint density at radius 1 is 0.880 bits per heavy atom. The minimum Gasteiger partial charge on any atom is -0.462 e. The Morgan fingerprint density at radius 2 is 1.60 bits per heavy atom. The van der Waals surface area contributed by atoms with Crippen LogP contribution in [0.1, 0.15) is 25.7 Å². The second-order valence-corrected chi connectivity index (χ2v) is 10.9. The van der Waals surface area contributed by atoms with Gasteiger partial charge in [-0.05, 0) is 78.9 Å². The van der Waals surface area contributed by atoms with E-state index in [9.17, 15) is 4.79 Å². The lowest BCUT2D eigenvalue weighted by Crippen LogP contribution is -2.72. The van der Waals surface area contributed by atoms with E-state index >= 15 is 0 Å². The molecule has 8 saturated carbocycles. The Kier molecular flexibility index (Phi) is 1.64. The highest BCUT2D eigenvalue weighted by Gasteiger charge is 3.02. The summed E-state index contributed by atoms with van der Waals surface area (Å²) in [6.45, 7) is 0. The van der Waals surface area contributed by atoms with Gasteiger partial charge in [-0.25, -0.2) is 0 Å². The predicted molar refractivity (Wildman–Crippen MR) is 83.8 cm³/mol. The third-order valence-corrected chi connectivity index (χ3v) is 11.6. The van der Waals surface area contributed by atoms with Crippen LogP contribution in [0, 0.1) is 70.0 Å². The van der Waals surface area contributed by atoms with E-state index < -0.39 is 0 Å². The summed E-state index contributed by atoms with van der Waals surface area (Å²) < 4.78 is 19.0. The summed E-state index contributed by atoms with van der Waals surface area (Å²) in [7, 11) is 1.83. The van der Waals surface area contributed by atoms with E-state index in [0.717, 1.165) is 36.0 Å². The van der Waals surface area contributed by atoms with Gasteiger partial charge in [-0.2, -0.15) is 0 Å². The first-order valence-electron chi connectivity index (χ1n) is 10.7. The SMILES string of the molecule is CO[C@H]1O[C@@H]2CC[C@@H]3[C@@H]2[C@H]2[C@H]4[C@H]5[C@H]6[C@H]7[C@@H]8CC[C@H]7OC(=O)[C@@]6([C@@H]34)[C@]12[C@H]85. The fourth-order valence-electron chi connectivity index (χ4n) is 12.5. The van der Waals surface area contributed by atoms with Gasteiger partial charge in [-0.1, -0.05) is 0 Å². The molecule has 25 heavy (non-hydrogen) atoms. The molecule has 0 amide bonds. The molecule has 2 saturated heterocycles. The first-order chi connectivity index (χ1) is 12.3. The molecule has 4 heteroatoms. The molecule has 8 aliphatic carbocycles. The van der Waals surface area contributed by atoms with Crippen molar-refractivity contribution in [2.24, 2.45) is 70.0 Å². The molecule has 132 valence electrons. The molecule has 15 atom stereocenters. The highest BCUT2D eigenvalue weighted by atomic mass is 16.7. The standard InChI is InChI=1S/C21H24O4/c1-23-19-21-15-7-2-4-8-10(7)16-13(15)12-14(20(16,21)18(22)24-8)6-3-5-9(25-19)11(6)17(12)21/h6-17,19H,2-5H2,1H3/t6-,7+,8-,9-,10+,11+,12+,13-,14+,15-,16-,17+,19+,20+,21+/m1/s1. The number of esters is 1. The minimum absolute atomic E-state index is 0.0258. The summed E-state index contributed by atoms with van der Waals surface area (Å²) in [4.78, 5) is 13.7.